The van der Waals surface area contributed by atoms with E-state index in [0.29, 0.717) is 35.7 Å². The van der Waals surface area contributed by atoms with Crippen LogP contribution in [-0.2, 0) is 6.42 Å². The number of urea groups is 1. The van der Waals surface area contributed by atoms with Crippen LogP contribution in [0.25, 0.3) is 0 Å². The molecule has 1 aliphatic heterocycles. The summed E-state index contributed by atoms with van der Waals surface area (Å²) in [6, 6.07) is 12.2. The first-order valence-electron chi connectivity index (χ1n) is 9.94. The molecule has 0 aromatic heterocycles. The van der Waals surface area contributed by atoms with Crippen molar-refractivity contribution >= 4 is 23.3 Å². The molecule has 32 heavy (non-hydrogen) atoms. The average Bonchev–Trinajstić information content (AvgIpc) is 2.77. The van der Waals surface area contributed by atoms with Crippen LogP contribution in [0, 0.1) is 11.6 Å². The monoisotopic (exact) mass is 458 g/mol. The third-order valence-electron chi connectivity index (χ3n) is 5.48. The number of hydrogen-bond donors (Lipinski definition) is 1. The SMILES string of the molecule is COc1cc2c(cc1OC)[C@H](c1c(F)cccc1Cl)N(C(=O)Nc1cccc(F)c1)CC2. The summed E-state index contributed by atoms with van der Waals surface area (Å²) in [5.41, 5.74) is 2.04. The highest BCUT2D eigenvalue weighted by molar-refractivity contribution is 6.31. The maximum atomic E-state index is 15.0. The number of amides is 2. The molecule has 0 aliphatic carbocycles. The van der Waals surface area contributed by atoms with Crippen molar-refractivity contribution in [1.82, 2.24) is 4.90 Å². The van der Waals surface area contributed by atoms with Gasteiger partial charge in [0.2, 0.25) is 0 Å². The molecule has 0 bridgehead atoms. The first-order chi connectivity index (χ1) is 15.4. The van der Waals surface area contributed by atoms with E-state index in [0.717, 1.165) is 5.56 Å². The van der Waals surface area contributed by atoms with Crippen molar-refractivity contribution in [1.29, 1.82) is 0 Å². The van der Waals surface area contributed by atoms with E-state index in [1.54, 1.807) is 18.2 Å². The summed E-state index contributed by atoms with van der Waals surface area (Å²) >= 11 is 6.41. The second-order valence-corrected chi connectivity index (χ2v) is 7.73. The molecule has 0 saturated heterocycles. The second-order valence-electron chi connectivity index (χ2n) is 7.33. The van der Waals surface area contributed by atoms with Crippen molar-refractivity contribution in [2.75, 3.05) is 26.1 Å². The number of anilines is 1. The van der Waals surface area contributed by atoms with E-state index in [1.807, 2.05) is 6.07 Å². The molecule has 2 amide bonds. The van der Waals surface area contributed by atoms with Gasteiger partial charge in [-0.1, -0.05) is 23.7 Å². The lowest BCUT2D eigenvalue weighted by molar-refractivity contribution is 0.192. The summed E-state index contributed by atoms with van der Waals surface area (Å²) in [5.74, 6) is -0.00981. The van der Waals surface area contributed by atoms with Gasteiger partial charge < -0.3 is 19.7 Å². The normalized spacial score (nSPS) is 15.2. The van der Waals surface area contributed by atoms with Crippen LogP contribution < -0.4 is 14.8 Å². The number of fused-ring (bicyclic) bond motifs is 1. The number of nitrogens with one attached hydrogen (secondary N) is 1. The Morgan fingerprint density at radius 1 is 1.06 bits per heavy atom. The molecule has 5 nitrogen and oxygen atoms in total. The topological polar surface area (TPSA) is 50.8 Å². The van der Waals surface area contributed by atoms with E-state index in [9.17, 15) is 9.18 Å². The van der Waals surface area contributed by atoms with Gasteiger partial charge in [-0.15, -0.1) is 0 Å². The number of carbonyl (C=O) groups is 1. The predicted octanol–water partition coefficient (Wildman–Crippen LogP) is 5.82. The zero-order valence-corrected chi connectivity index (χ0v) is 18.2. The number of carbonyl (C=O) groups excluding carboxylic acids is 1. The molecule has 8 heteroatoms. The lowest BCUT2D eigenvalue weighted by atomic mass is 9.87. The van der Waals surface area contributed by atoms with E-state index in [1.165, 1.54) is 49.5 Å². The minimum absolute atomic E-state index is 0.178. The quantitative estimate of drug-likeness (QED) is 0.536. The molecule has 1 aliphatic rings. The van der Waals surface area contributed by atoms with Crippen LogP contribution in [0.1, 0.15) is 22.7 Å². The Balaban J connectivity index is 1.83. The number of ether oxygens (including phenoxy) is 2. The Hall–Kier alpha value is -3.32. The summed E-state index contributed by atoms with van der Waals surface area (Å²) in [5, 5.41) is 2.89. The van der Waals surface area contributed by atoms with E-state index in [4.69, 9.17) is 21.1 Å². The van der Waals surface area contributed by atoms with Crippen LogP contribution in [0.15, 0.2) is 54.6 Å². The Morgan fingerprint density at radius 3 is 2.47 bits per heavy atom. The highest BCUT2D eigenvalue weighted by Crippen LogP contribution is 2.43. The Kier molecular flexibility index (Phi) is 6.19. The maximum Gasteiger partial charge on any atom is 0.322 e. The van der Waals surface area contributed by atoms with Gasteiger partial charge in [0.25, 0.3) is 0 Å². The number of halogens is 3. The summed E-state index contributed by atoms with van der Waals surface area (Å²) in [4.78, 5) is 14.7. The van der Waals surface area contributed by atoms with Gasteiger partial charge in [-0.05, 0) is 60.0 Å². The van der Waals surface area contributed by atoms with Gasteiger partial charge in [0, 0.05) is 22.8 Å². The molecule has 0 fully saturated rings. The molecule has 0 saturated carbocycles. The van der Waals surface area contributed by atoms with Gasteiger partial charge in [0.05, 0.1) is 20.3 Å². The zero-order chi connectivity index (χ0) is 22.8. The third-order valence-corrected chi connectivity index (χ3v) is 5.81. The van der Waals surface area contributed by atoms with Crippen LogP contribution in [0.2, 0.25) is 5.02 Å². The number of benzene rings is 3. The van der Waals surface area contributed by atoms with Gasteiger partial charge in [-0.25, -0.2) is 13.6 Å². The van der Waals surface area contributed by atoms with Gasteiger partial charge in [0.15, 0.2) is 11.5 Å². The molecule has 4 rings (SSSR count). The lowest BCUT2D eigenvalue weighted by Crippen LogP contribution is -2.43. The molecule has 0 spiro atoms. The molecule has 0 radical (unpaired) electrons. The number of hydrogen-bond acceptors (Lipinski definition) is 3. The smallest absolute Gasteiger partial charge is 0.322 e. The van der Waals surface area contributed by atoms with Crippen LogP contribution in [-0.4, -0.2) is 31.7 Å². The standard InChI is InChI=1S/C24H21ClF2N2O3/c1-31-20-11-14-9-10-29(24(30)28-16-6-3-5-15(26)12-16)23(17(14)13-21(20)32-2)22-18(25)7-4-8-19(22)27/h3-8,11-13,23H,9-10H2,1-2H3,(H,28,30)/t23-/m1/s1. The van der Waals surface area contributed by atoms with E-state index < -0.39 is 23.7 Å². The van der Waals surface area contributed by atoms with Crippen LogP contribution in [0.4, 0.5) is 19.3 Å². The van der Waals surface area contributed by atoms with Gasteiger partial charge in [-0.3, -0.25) is 0 Å². The van der Waals surface area contributed by atoms with Crippen molar-refractivity contribution in [3.63, 3.8) is 0 Å². The highest BCUT2D eigenvalue weighted by Gasteiger charge is 2.36. The number of nitrogens with zero attached hydrogens (tertiary/aromatic N) is 1. The third kappa shape index (κ3) is 4.08. The predicted molar refractivity (Wildman–Crippen MR) is 119 cm³/mol. The fraction of sp³-hybridized carbons (Fsp3) is 0.208. The minimum Gasteiger partial charge on any atom is -0.493 e. The molecule has 3 aromatic rings. The highest BCUT2D eigenvalue weighted by atomic mass is 35.5. The zero-order valence-electron chi connectivity index (χ0n) is 17.5. The molecule has 3 aromatic carbocycles. The van der Waals surface area contributed by atoms with E-state index in [2.05, 4.69) is 5.32 Å². The Morgan fingerprint density at radius 2 is 1.78 bits per heavy atom. The molecule has 1 atom stereocenters. The number of rotatable bonds is 4. The van der Waals surface area contributed by atoms with Crippen molar-refractivity contribution in [3.05, 3.63) is 87.9 Å². The van der Waals surface area contributed by atoms with Crippen molar-refractivity contribution in [3.8, 4) is 11.5 Å². The molecule has 1 N–H and O–H groups in total. The summed E-state index contributed by atoms with van der Waals surface area (Å²) in [7, 11) is 3.05. The van der Waals surface area contributed by atoms with Crippen LogP contribution in [0.3, 0.4) is 0 Å². The fourth-order valence-electron chi connectivity index (χ4n) is 4.01. The summed E-state index contributed by atoms with van der Waals surface area (Å²) < 4.78 is 39.5. The summed E-state index contributed by atoms with van der Waals surface area (Å²) in [6.45, 7) is 0.291. The first kappa shape index (κ1) is 21.9. The first-order valence-corrected chi connectivity index (χ1v) is 10.3. The largest absolute Gasteiger partial charge is 0.493 e. The molecule has 166 valence electrons. The van der Waals surface area contributed by atoms with Crippen LogP contribution >= 0.6 is 11.6 Å². The van der Waals surface area contributed by atoms with Crippen LogP contribution in [0.5, 0.6) is 11.5 Å². The Labute approximate surface area is 189 Å². The molecule has 0 unspecified atom stereocenters. The van der Waals surface area contributed by atoms with Crippen molar-refractivity contribution in [2.24, 2.45) is 0 Å². The fourth-order valence-corrected chi connectivity index (χ4v) is 4.28. The van der Waals surface area contributed by atoms with Gasteiger partial charge in [-0.2, -0.15) is 0 Å². The molecular weight excluding hydrogens is 438 g/mol. The number of methoxy groups -OCH3 is 2. The van der Waals surface area contributed by atoms with Crippen molar-refractivity contribution < 1.29 is 23.0 Å². The summed E-state index contributed by atoms with van der Waals surface area (Å²) in [6.07, 6.45) is 0.509. The second kappa shape index (κ2) is 9.04. The van der Waals surface area contributed by atoms with Gasteiger partial charge in [0.1, 0.15) is 11.6 Å². The average molecular weight is 459 g/mol. The van der Waals surface area contributed by atoms with Gasteiger partial charge >= 0.3 is 6.03 Å². The minimum atomic E-state index is -0.819. The maximum absolute atomic E-state index is 15.0. The molecule has 1 heterocycles. The lowest BCUT2D eigenvalue weighted by Gasteiger charge is -2.38. The van der Waals surface area contributed by atoms with E-state index in [-0.39, 0.29) is 10.6 Å². The van der Waals surface area contributed by atoms with Crippen molar-refractivity contribution in [2.45, 2.75) is 12.5 Å². The Bertz CT molecular complexity index is 1150. The van der Waals surface area contributed by atoms with E-state index >= 15 is 4.39 Å². The molecular formula is C24H21ClF2N2O3.